The molecular weight excluding hydrogens is 136 g/mol. The van der Waals surface area contributed by atoms with Gasteiger partial charge in [-0.1, -0.05) is 12.8 Å². The van der Waals surface area contributed by atoms with Gasteiger partial charge in [0.25, 0.3) is 0 Å². The monoisotopic (exact) mass is 152 g/mol. The van der Waals surface area contributed by atoms with Gasteiger partial charge >= 0.3 is 0 Å². The lowest BCUT2D eigenvalue weighted by Crippen LogP contribution is -2.32. The summed E-state index contributed by atoms with van der Waals surface area (Å²) < 4.78 is 0. The van der Waals surface area contributed by atoms with Crippen LogP contribution in [0.2, 0.25) is 0 Å². The van der Waals surface area contributed by atoms with Crippen molar-refractivity contribution in [2.45, 2.75) is 38.6 Å². The van der Waals surface area contributed by atoms with E-state index in [4.69, 9.17) is 5.26 Å². The third-order valence-electron chi connectivity index (χ3n) is 2.46. The zero-order valence-corrected chi connectivity index (χ0v) is 7.21. The van der Waals surface area contributed by atoms with E-state index in [0.29, 0.717) is 12.6 Å². The highest BCUT2D eigenvalue weighted by Crippen LogP contribution is 2.15. The third kappa shape index (κ3) is 2.51. The molecule has 0 aromatic rings. The van der Waals surface area contributed by atoms with Crippen LogP contribution >= 0.6 is 0 Å². The van der Waals surface area contributed by atoms with Crippen molar-refractivity contribution < 1.29 is 0 Å². The standard InChI is InChI=1S/C9H16N2/c1-9-5-3-2-4-7-11(9)8-6-10/h9H,2-5,7-8H2,1H3. The maximum atomic E-state index is 8.54. The van der Waals surface area contributed by atoms with E-state index >= 15 is 0 Å². The van der Waals surface area contributed by atoms with Crippen LogP contribution in [0.3, 0.4) is 0 Å². The summed E-state index contributed by atoms with van der Waals surface area (Å²) in [6.45, 7) is 3.96. The Labute approximate surface area is 68.8 Å². The summed E-state index contributed by atoms with van der Waals surface area (Å²) in [5, 5.41) is 8.54. The molecule has 0 saturated carbocycles. The molecule has 2 nitrogen and oxygen atoms in total. The Bertz CT molecular complexity index is 148. The Morgan fingerprint density at radius 3 is 3.00 bits per heavy atom. The number of likely N-dealkylation sites (tertiary alicyclic amines) is 1. The summed E-state index contributed by atoms with van der Waals surface area (Å²) in [6, 6.07) is 2.84. The summed E-state index contributed by atoms with van der Waals surface area (Å²) in [5.41, 5.74) is 0. The Hall–Kier alpha value is -0.550. The molecule has 1 aliphatic heterocycles. The lowest BCUT2D eigenvalue weighted by molar-refractivity contribution is 0.240. The van der Waals surface area contributed by atoms with Gasteiger partial charge in [-0.3, -0.25) is 4.90 Å². The fourth-order valence-electron chi connectivity index (χ4n) is 1.66. The second kappa shape index (κ2) is 4.35. The van der Waals surface area contributed by atoms with Crippen LogP contribution in [0.1, 0.15) is 32.6 Å². The maximum Gasteiger partial charge on any atom is 0.0868 e. The molecule has 1 unspecified atom stereocenters. The van der Waals surface area contributed by atoms with Crippen LogP contribution in [0.25, 0.3) is 0 Å². The number of rotatable bonds is 1. The van der Waals surface area contributed by atoms with Gasteiger partial charge in [0.05, 0.1) is 12.6 Å². The van der Waals surface area contributed by atoms with Crippen molar-refractivity contribution in [3.63, 3.8) is 0 Å². The van der Waals surface area contributed by atoms with Gasteiger partial charge in [0.1, 0.15) is 0 Å². The average Bonchev–Trinajstić information content (AvgIpc) is 2.18. The van der Waals surface area contributed by atoms with E-state index in [-0.39, 0.29) is 0 Å². The van der Waals surface area contributed by atoms with Crippen molar-refractivity contribution in [2.75, 3.05) is 13.1 Å². The molecular formula is C9H16N2. The fraction of sp³-hybridized carbons (Fsp3) is 0.889. The van der Waals surface area contributed by atoms with Crippen LogP contribution < -0.4 is 0 Å². The van der Waals surface area contributed by atoms with Gasteiger partial charge < -0.3 is 0 Å². The molecule has 1 fully saturated rings. The highest BCUT2D eigenvalue weighted by Gasteiger charge is 2.15. The van der Waals surface area contributed by atoms with Gasteiger partial charge in [0.15, 0.2) is 0 Å². The van der Waals surface area contributed by atoms with Crippen LogP contribution in [-0.2, 0) is 0 Å². The fourth-order valence-corrected chi connectivity index (χ4v) is 1.66. The molecule has 0 N–H and O–H groups in total. The largest absolute Gasteiger partial charge is 0.288 e. The Kier molecular flexibility index (Phi) is 3.38. The second-order valence-corrected chi connectivity index (χ2v) is 3.33. The molecule has 1 heterocycles. The molecule has 1 atom stereocenters. The van der Waals surface area contributed by atoms with Crippen LogP contribution in [0, 0.1) is 11.3 Å². The predicted octanol–water partition coefficient (Wildman–Crippen LogP) is 1.77. The van der Waals surface area contributed by atoms with Crippen molar-refractivity contribution in [2.24, 2.45) is 0 Å². The number of nitrogens with zero attached hydrogens (tertiary/aromatic N) is 2. The van der Waals surface area contributed by atoms with E-state index in [1.807, 2.05) is 0 Å². The van der Waals surface area contributed by atoms with Gasteiger partial charge in [0, 0.05) is 6.04 Å². The van der Waals surface area contributed by atoms with Crippen molar-refractivity contribution in [3.05, 3.63) is 0 Å². The molecule has 0 aromatic carbocycles. The minimum absolute atomic E-state index is 0.612. The topological polar surface area (TPSA) is 27.0 Å². The summed E-state index contributed by atoms with van der Waals surface area (Å²) >= 11 is 0. The van der Waals surface area contributed by atoms with Crippen molar-refractivity contribution >= 4 is 0 Å². The van der Waals surface area contributed by atoms with Gasteiger partial charge in [-0.05, 0) is 26.3 Å². The van der Waals surface area contributed by atoms with E-state index in [0.717, 1.165) is 6.54 Å². The second-order valence-electron chi connectivity index (χ2n) is 3.33. The first-order chi connectivity index (χ1) is 5.34. The Morgan fingerprint density at radius 1 is 1.45 bits per heavy atom. The van der Waals surface area contributed by atoms with E-state index < -0.39 is 0 Å². The van der Waals surface area contributed by atoms with Gasteiger partial charge in [0.2, 0.25) is 0 Å². The first kappa shape index (κ1) is 8.55. The molecule has 0 spiro atoms. The zero-order valence-electron chi connectivity index (χ0n) is 7.21. The quantitative estimate of drug-likeness (QED) is 0.535. The summed E-state index contributed by atoms with van der Waals surface area (Å²) in [5.74, 6) is 0. The molecule has 2 heteroatoms. The summed E-state index contributed by atoms with van der Waals surface area (Å²) in [4.78, 5) is 2.28. The first-order valence-corrected chi connectivity index (χ1v) is 4.45. The number of hydrogen-bond acceptors (Lipinski definition) is 2. The molecule has 0 aliphatic carbocycles. The van der Waals surface area contributed by atoms with Crippen LogP contribution in [-0.4, -0.2) is 24.0 Å². The molecule has 0 amide bonds. The third-order valence-corrected chi connectivity index (χ3v) is 2.46. The molecule has 1 rings (SSSR count). The van der Waals surface area contributed by atoms with E-state index in [1.54, 1.807) is 0 Å². The number of hydrogen-bond donors (Lipinski definition) is 0. The highest BCUT2D eigenvalue weighted by atomic mass is 15.1. The van der Waals surface area contributed by atoms with E-state index in [9.17, 15) is 0 Å². The Morgan fingerprint density at radius 2 is 2.27 bits per heavy atom. The average molecular weight is 152 g/mol. The molecule has 62 valence electrons. The first-order valence-electron chi connectivity index (χ1n) is 4.45. The summed E-state index contributed by atoms with van der Waals surface area (Å²) in [7, 11) is 0. The van der Waals surface area contributed by atoms with Crippen LogP contribution in [0.15, 0.2) is 0 Å². The van der Waals surface area contributed by atoms with Gasteiger partial charge in [-0.15, -0.1) is 0 Å². The minimum atomic E-state index is 0.612. The predicted molar refractivity (Wildman–Crippen MR) is 45.1 cm³/mol. The Balaban J connectivity index is 2.40. The van der Waals surface area contributed by atoms with Gasteiger partial charge in [-0.25, -0.2) is 0 Å². The smallest absolute Gasteiger partial charge is 0.0868 e. The molecule has 0 radical (unpaired) electrons. The minimum Gasteiger partial charge on any atom is -0.288 e. The van der Waals surface area contributed by atoms with Crippen molar-refractivity contribution in [1.82, 2.24) is 4.90 Å². The lowest BCUT2D eigenvalue weighted by atomic mass is 10.1. The van der Waals surface area contributed by atoms with Crippen molar-refractivity contribution in [3.8, 4) is 6.07 Å². The molecule has 1 saturated heterocycles. The number of nitriles is 1. The highest BCUT2D eigenvalue weighted by molar-refractivity contribution is 4.81. The molecule has 0 bridgehead atoms. The maximum absolute atomic E-state index is 8.54. The molecule has 0 aromatic heterocycles. The van der Waals surface area contributed by atoms with Gasteiger partial charge in [-0.2, -0.15) is 5.26 Å². The lowest BCUT2D eigenvalue weighted by Gasteiger charge is -2.23. The van der Waals surface area contributed by atoms with Crippen molar-refractivity contribution in [1.29, 1.82) is 5.26 Å². The van der Waals surface area contributed by atoms with Crippen LogP contribution in [0.5, 0.6) is 0 Å². The SMILES string of the molecule is CC1CCCCCN1CC#N. The molecule has 11 heavy (non-hydrogen) atoms. The normalized spacial score (nSPS) is 27.5. The zero-order chi connectivity index (χ0) is 8.10. The van der Waals surface area contributed by atoms with Crippen LogP contribution in [0.4, 0.5) is 0 Å². The van der Waals surface area contributed by atoms with E-state index in [2.05, 4.69) is 17.9 Å². The molecule has 1 aliphatic rings. The van der Waals surface area contributed by atoms with E-state index in [1.165, 1.54) is 25.7 Å². The summed E-state index contributed by atoms with van der Waals surface area (Å²) in [6.07, 6.45) is 5.21.